The number of rotatable bonds is 5. The molecule has 92 valence electrons. The van der Waals surface area contributed by atoms with Crippen LogP contribution in [0.1, 0.15) is 25.5 Å². The minimum absolute atomic E-state index is 0.765. The number of nitrogens with zero attached hydrogens (tertiary/aromatic N) is 3. The lowest BCUT2D eigenvalue weighted by molar-refractivity contribution is 0.317. The third-order valence-electron chi connectivity index (χ3n) is 2.85. The Morgan fingerprint density at radius 2 is 2.18 bits per heavy atom. The van der Waals surface area contributed by atoms with Crippen LogP contribution in [0.15, 0.2) is 24.5 Å². The van der Waals surface area contributed by atoms with Crippen LogP contribution in [0.5, 0.6) is 0 Å². The Kier molecular flexibility index (Phi) is 3.64. The maximum atomic E-state index is 5.74. The molecule has 2 aromatic heterocycles. The third kappa shape index (κ3) is 2.97. The van der Waals surface area contributed by atoms with Crippen molar-refractivity contribution >= 4 is 11.3 Å². The lowest BCUT2D eigenvalue weighted by Crippen LogP contribution is -2.19. The number of hydrogen-bond donors (Lipinski definition) is 1. The number of nitrogen functional groups attached to an aromatic ring is 1. The van der Waals surface area contributed by atoms with Crippen LogP contribution < -0.4 is 5.73 Å². The first-order chi connectivity index (χ1) is 8.19. The first-order valence-electron chi connectivity index (χ1n) is 6.10. The van der Waals surface area contributed by atoms with E-state index in [0.29, 0.717) is 0 Å². The summed E-state index contributed by atoms with van der Waals surface area (Å²) in [5.41, 5.74) is 8.55. The zero-order chi connectivity index (χ0) is 12.3. The van der Waals surface area contributed by atoms with Crippen LogP contribution in [0.3, 0.4) is 0 Å². The van der Waals surface area contributed by atoms with E-state index in [-0.39, 0.29) is 0 Å². The Hall–Kier alpha value is -1.55. The van der Waals surface area contributed by atoms with Gasteiger partial charge in [-0.25, -0.2) is 4.98 Å². The van der Waals surface area contributed by atoms with Gasteiger partial charge < -0.3 is 15.0 Å². The number of unbranched alkanes of at least 4 members (excludes halogenated alkanes) is 1. The monoisotopic (exact) mass is 232 g/mol. The molecule has 2 rings (SSSR count). The maximum absolute atomic E-state index is 5.74. The molecule has 0 saturated carbocycles. The van der Waals surface area contributed by atoms with E-state index in [9.17, 15) is 0 Å². The number of imidazole rings is 1. The molecule has 2 heterocycles. The van der Waals surface area contributed by atoms with Crippen LogP contribution in [0.2, 0.25) is 0 Å². The van der Waals surface area contributed by atoms with Crippen molar-refractivity contribution in [1.29, 1.82) is 0 Å². The summed E-state index contributed by atoms with van der Waals surface area (Å²) < 4.78 is 1.98. The van der Waals surface area contributed by atoms with Gasteiger partial charge in [0.15, 0.2) is 0 Å². The minimum atomic E-state index is 0.765. The third-order valence-corrected chi connectivity index (χ3v) is 2.85. The summed E-state index contributed by atoms with van der Waals surface area (Å²) >= 11 is 0. The summed E-state index contributed by atoms with van der Waals surface area (Å²) in [6, 6.07) is 3.83. The molecule has 0 aliphatic heterocycles. The highest BCUT2D eigenvalue weighted by Crippen LogP contribution is 2.10. The van der Waals surface area contributed by atoms with E-state index < -0.39 is 0 Å². The zero-order valence-corrected chi connectivity index (χ0v) is 10.6. The molecule has 0 aliphatic carbocycles. The molecular weight excluding hydrogens is 212 g/mol. The molecule has 0 saturated heterocycles. The Labute approximate surface area is 102 Å². The zero-order valence-electron chi connectivity index (χ0n) is 10.6. The van der Waals surface area contributed by atoms with Crippen LogP contribution in [0.25, 0.3) is 5.65 Å². The van der Waals surface area contributed by atoms with E-state index in [1.807, 2.05) is 28.9 Å². The van der Waals surface area contributed by atoms with Crippen molar-refractivity contribution in [2.75, 3.05) is 19.3 Å². The van der Waals surface area contributed by atoms with Gasteiger partial charge >= 0.3 is 0 Å². The van der Waals surface area contributed by atoms with Crippen molar-refractivity contribution in [3.8, 4) is 0 Å². The fourth-order valence-corrected chi connectivity index (χ4v) is 1.92. The molecule has 0 unspecified atom stereocenters. The van der Waals surface area contributed by atoms with Gasteiger partial charge in [-0.15, -0.1) is 0 Å². The van der Waals surface area contributed by atoms with Gasteiger partial charge in [-0.1, -0.05) is 13.3 Å². The predicted octanol–water partition coefficient (Wildman–Crippen LogP) is 2.15. The van der Waals surface area contributed by atoms with Gasteiger partial charge in [-0.3, -0.25) is 0 Å². The van der Waals surface area contributed by atoms with E-state index in [2.05, 4.69) is 23.9 Å². The SMILES string of the molecule is CCCCN(C)Cc1cn2cc(N)ccc2n1. The molecule has 0 aromatic carbocycles. The van der Waals surface area contributed by atoms with Crippen molar-refractivity contribution in [2.24, 2.45) is 0 Å². The topological polar surface area (TPSA) is 46.6 Å². The smallest absolute Gasteiger partial charge is 0.137 e. The van der Waals surface area contributed by atoms with E-state index in [1.165, 1.54) is 12.8 Å². The second-order valence-corrected chi connectivity index (χ2v) is 4.55. The maximum Gasteiger partial charge on any atom is 0.137 e. The molecule has 0 atom stereocenters. The second-order valence-electron chi connectivity index (χ2n) is 4.55. The normalized spacial score (nSPS) is 11.5. The van der Waals surface area contributed by atoms with Crippen LogP contribution in [0.4, 0.5) is 5.69 Å². The first kappa shape index (κ1) is 11.9. The molecule has 0 bridgehead atoms. The van der Waals surface area contributed by atoms with Gasteiger partial charge in [0.1, 0.15) is 5.65 Å². The Balaban J connectivity index is 2.08. The summed E-state index contributed by atoms with van der Waals surface area (Å²) in [7, 11) is 2.13. The molecule has 2 N–H and O–H groups in total. The summed E-state index contributed by atoms with van der Waals surface area (Å²) in [6.07, 6.45) is 6.41. The summed E-state index contributed by atoms with van der Waals surface area (Å²) in [6.45, 7) is 4.22. The lowest BCUT2D eigenvalue weighted by atomic mass is 10.3. The van der Waals surface area contributed by atoms with Gasteiger partial charge in [0.05, 0.1) is 5.69 Å². The molecule has 0 fully saturated rings. The molecule has 0 radical (unpaired) electrons. The average molecular weight is 232 g/mol. The van der Waals surface area contributed by atoms with Crippen LogP contribution >= 0.6 is 0 Å². The number of pyridine rings is 1. The van der Waals surface area contributed by atoms with Crippen molar-refractivity contribution in [3.63, 3.8) is 0 Å². The molecule has 0 spiro atoms. The highest BCUT2D eigenvalue weighted by molar-refractivity contribution is 5.48. The average Bonchev–Trinajstić information content (AvgIpc) is 2.67. The molecule has 17 heavy (non-hydrogen) atoms. The molecule has 4 heteroatoms. The first-order valence-corrected chi connectivity index (χ1v) is 6.10. The summed E-state index contributed by atoms with van der Waals surface area (Å²) in [5, 5.41) is 0. The van der Waals surface area contributed by atoms with Gasteiger partial charge in [-0.2, -0.15) is 0 Å². The molecule has 2 aromatic rings. The summed E-state index contributed by atoms with van der Waals surface area (Å²) in [4.78, 5) is 6.87. The van der Waals surface area contributed by atoms with Crippen molar-refractivity contribution in [3.05, 3.63) is 30.2 Å². The standard InChI is InChI=1S/C13H20N4/c1-3-4-7-16(2)9-12-10-17-8-11(14)5-6-13(17)15-12/h5-6,8,10H,3-4,7,9,14H2,1-2H3. The molecule has 4 nitrogen and oxygen atoms in total. The van der Waals surface area contributed by atoms with E-state index in [0.717, 1.165) is 30.1 Å². The Morgan fingerprint density at radius 3 is 2.94 bits per heavy atom. The van der Waals surface area contributed by atoms with E-state index in [4.69, 9.17) is 5.73 Å². The molecule has 0 aliphatic rings. The van der Waals surface area contributed by atoms with Crippen LogP contribution in [-0.2, 0) is 6.54 Å². The highest BCUT2D eigenvalue weighted by Gasteiger charge is 2.04. The van der Waals surface area contributed by atoms with Crippen molar-refractivity contribution in [1.82, 2.24) is 14.3 Å². The predicted molar refractivity (Wildman–Crippen MR) is 70.8 cm³/mol. The fourth-order valence-electron chi connectivity index (χ4n) is 1.92. The fraction of sp³-hybridized carbons (Fsp3) is 0.462. The Morgan fingerprint density at radius 1 is 1.35 bits per heavy atom. The number of aromatic nitrogens is 2. The quantitative estimate of drug-likeness (QED) is 0.859. The summed E-state index contributed by atoms with van der Waals surface area (Å²) in [5.74, 6) is 0. The van der Waals surface area contributed by atoms with Crippen LogP contribution in [0, 0.1) is 0 Å². The number of anilines is 1. The highest BCUT2D eigenvalue weighted by atomic mass is 15.1. The largest absolute Gasteiger partial charge is 0.398 e. The molecular formula is C13H20N4. The lowest BCUT2D eigenvalue weighted by Gasteiger charge is -2.13. The van der Waals surface area contributed by atoms with Crippen molar-refractivity contribution < 1.29 is 0 Å². The van der Waals surface area contributed by atoms with Gasteiger partial charge in [-0.05, 0) is 32.1 Å². The number of fused-ring (bicyclic) bond motifs is 1. The van der Waals surface area contributed by atoms with E-state index in [1.54, 1.807) is 0 Å². The van der Waals surface area contributed by atoms with E-state index >= 15 is 0 Å². The Bertz CT molecular complexity index is 489. The number of nitrogens with two attached hydrogens (primary N) is 1. The van der Waals surface area contributed by atoms with Crippen LogP contribution in [-0.4, -0.2) is 27.9 Å². The second kappa shape index (κ2) is 5.19. The minimum Gasteiger partial charge on any atom is -0.398 e. The van der Waals surface area contributed by atoms with Gasteiger partial charge in [0.2, 0.25) is 0 Å². The number of hydrogen-bond acceptors (Lipinski definition) is 3. The van der Waals surface area contributed by atoms with Crippen molar-refractivity contribution in [2.45, 2.75) is 26.3 Å². The van der Waals surface area contributed by atoms with Gasteiger partial charge in [0.25, 0.3) is 0 Å². The van der Waals surface area contributed by atoms with Gasteiger partial charge in [0, 0.05) is 24.6 Å². The molecule has 0 amide bonds.